The highest BCUT2D eigenvalue weighted by atomic mass is 32.2. The average molecular weight is 507 g/mol. The maximum Gasteiger partial charge on any atom is 0.286 e. The fourth-order valence-electron chi connectivity index (χ4n) is 4.37. The Bertz CT molecular complexity index is 1210. The topological polar surface area (TPSA) is 85.9 Å². The number of hydrogen-bond donors (Lipinski definition) is 2. The van der Waals surface area contributed by atoms with Crippen LogP contribution < -0.4 is 24.8 Å². The van der Waals surface area contributed by atoms with Crippen molar-refractivity contribution in [3.8, 4) is 17.2 Å². The number of ether oxygens (including phenoxy) is 3. The van der Waals surface area contributed by atoms with Crippen LogP contribution >= 0.6 is 11.8 Å². The minimum Gasteiger partial charge on any atom is -0.493 e. The Morgan fingerprint density at radius 3 is 2.11 bits per heavy atom. The van der Waals surface area contributed by atoms with Crippen molar-refractivity contribution in [2.45, 2.75) is 30.7 Å². The second-order valence-electron chi connectivity index (χ2n) is 8.52. The lowest BCUT2D eigenvalue weighted by atomic mass is 9.94. The van der Waals surface area contributed by atoms with E-state index >= 15 is 0 Å². The molecular weight excluding hydrogens is 476 g/mol. The fourth-order valence-corrected chi connectivity index (χ4v) is 5.23. The van der Waals surface area contributed by atoms with Crippen LogP contribution in [0.2, 0.25) is 0 Å². The van der Waals surface area contributed by atoms with Crippen molar-refractivity contribution in [1.29, 1.82) is 0 Å². The Kier molecular flexibility index (Phi) is 8.18. The molecule has 8 heteroatoms. The maximum absolute atomic E-state index is 12.1. The molecule has 2 amide bonds. The highest BCUT2D eigenvalue weighted by Gasteiger charge is 2.31. The lowest BCUT2D eigenvalue weighted by molar-refractivity contribution is -0.118. The number of hydrogen-bond acceptors (Lipinski definition) is 7. The Morgan fingerprint density at radius 2 is 1.53 bits per heavy atom. The van der Waals surface area contributed by atoms with E-state index in [2.05, 4.69) is 41.8 Å². The lowest BCUT2D eigenvalue weighted by Gasteiger charge is -2.26. The van der Waals surface area contributed by atoms with Crippen molar-refractivity contribution in [3.63, 3.8) is 0 Å². The molecule has 0 aromatic heterocycles. The number of benzene rings is 3. The molecule has 36 heavy (non-hydrogen) atoms. The van der Waals surface area contributed by atoms with Crippen LogP contribution in [0.25, 0.3) is 0 Å². The molecule has 0 saturated carbocycles. The van der Waals surface area contributed by atoms with Crippen LogP contribution in [-0.4, -0.2) is 37.7 Å². The van der Waals surface area contributed by atoms with E-state index < -0.39 is 5.25 Å². The monoisotopic (exact) mass is 506 g/mol. The number of thioether (sulfide) groups is 1. The van der Waals surface area contributed by atoms with Crippen LogP contribution in [-0.2, 0) is 11.2 Å². The van der Waals surface area contributed by atoms with Gasteiger partial charge in [-0.2, -0.15) is 0 Å². The molecule has 1 aliphatic rings. The second kappa shape index (κ2) is 11.5. The first-order valence-corrected chi connectivity index (χ1v) is 12.5. The maximum atomic E-state index is 12.1. The summed E-state index contributed by atoms with van der Waals surface area (Å²) >= 11 is 1.05. The predicted molar refractivity (Wildman–Crippen MR) is 141 cm³/mol. The minimum atomic E-state index is -0.408. The van der Waals surface area contributed by atoms with Gasteiger partial charge in [-0.05, 0) is 47.7 Å². The summed E-state index contributed by atoms with van der Waals surface area (Å²) < 4.78 is 16.6. The van der Waals surface area contributed by atoms with Crippen LogP contribution in [0.3, 0.4) is 0 Å². The van der Waals surface area contributed by atoms with E-state index in [0.29, 0.717) is 23.7 Å². The summed E-state index contributed by atoms with van der Waals surface area (Å²) in [5, 5.41) is 5.42. The summed E-state index contributed by atoms with van der Waals surface area (Å²) in [6.45, 7) is 2.09. The Balaban J connectivity index is 1.65. The largest absolute Gasteiger partial charge is 0.493 e. The number of carbonyl (C=O) groups is 2. The Morgan fingerprint density at radius 1 is 0.861 bits per heavy atom. The molecule has 0 spiro atoms. The van der Waals surface area contributed by atoms with E-state index in [9.17, 15) is 9.59 Å². The van der Waals surface area contributed by atoms with Gasteiger partial charge in [0, 0.05) is 6.04 Å². The predicted octanol–water partition coefficient (Wildman–Crippen LogP) is 5.05. The molecule has 2 N–H and O–H groups in total. The summed E-state index contributed by atoms with van der Waals surface area (Å²) in [4.78, 5) is 23.7. The SMILES string of the molecule is COc1cc(C(C)NC(c2ccccc2)c2cccc(CC3SC(=O)NC3=O)c2)cc(OC)c1OC. The standard InChI is InChI=1S/C28H30N2O5S/c1-17(21-15-22(33-2)26(35-4)23(16-21)34-3)29-25(19-10-6-5-7-11-19)20-12-8-9-18(13-20)14-24-27(31)30-28(32)36-24/h5-13,15-17,24-25,29H,14H2,1-4H3,(H,30,31,32). The first-order chi connectivity index (χ1) is 17.4. The molecule has 3 unspecified atom stereocenters. The molecule has 0 aliphatic carbocycles. The minimum absolute atomic E-state index is 0.0682. The van der Waals surface area contributed by atoms with Crippen molar-refractivity contribution in [1.82, 2.24) is 10.6 Å². The van der Waals surface area contributed by atoms with E-state index in [-0.39, 0.29) is 23.2 Å². The summed E-state index contributed by atoms with van der Waals surface area (Å²) in [5.74, 6) is 1.51. The van der Waals surface area contributed by atoms with Crippen LogP contribution in [0.5, 0.6) is 17.2 Å². The molecule has 7 nitrogen and oxygen atoms in total. The van der Waals surface area contributed by atoms with E-state index in [1.807, 2.05) is 42.5 Å². The third-order valence-corrected chi connectivity index (χ3v) is 7.19. The molecule has 3 atom stereocenters. The van der Waals surface area contributed by atoms with Gasteiger partial charge in [0.25, 0.3) is 5.24 Å². The second-order valence-corrected chi connectivity index (χ2v) is 9.70. The molecule has 1 saturated heterocycles. The molecule has 188 valence electrons. The van der Waals surface area contributed by atoms with Gasteiger partial charge in [-0.15, -0.1) is 0 Å². The number of carbonyl (C=O) groups excluding carboxylic acids is 2. The molecule has 3 aromatic rings. The first-order valence-electron chi connectivity index (χ1n) is 11.6. The number of nitrogens with one attached hydrogen (secondary N) is 2. The highest BCUT2D eigenvalue weighted by molar-refractivity contribution is 8.15. The van der Waals surface area contributed by atoms with Crippen LogP contribution in [0.4, 0.5) is 4.79 Å². The number of rotatable bonds is 10. The molecular formula is C28H30N2O5S. The van der Waals surface area contributed by atoms with Gasteiger partial charge in [0.1, 0.15) is 0 Å². The van der Waals surface area contributed by atoms with Gasteiger partial charge in [0.05, 0.1) is 32.6 Å². The van der Waals surface area contributed by atoms with Gasteiger partial charge in [-0.3, -0.25) is 20.2 Å². The molecule has 0 radical (unpaired) electrons. The van der Waals surface area contributed by atoms with Crippen LogP contribution in [0.1, 0.15) is 41.3 Å². The van der Waals surface area contributed by atoms with Gasteiger partial charge in [-0.25, -0.2) is 0 Å². The van der Waals surface area contributed by atoms with E-state index in [1.165, 1.54) is 0 Å². The van der Waals surface area contributed by atoms with E-state index in [0.717, 1.165) is 34.0 Å². The summed E-state index contributed by atoms with van der Waals surface area (Å²) in [5.41, 5.74) is 4.15. The van der Waals surface area contributed by atoms with E-state index in [1.54, 1.807) is 21.3 Å². The molecule has 1 aliphatic heterocycles. The smallest absolute Gasteiger partial charge is 0.286 e. The third kappa shape index (κ3) is 5.66. The van der Waals surface area contributed by atoms with Crippen molar-refractivity contribution in [2.75, 3.05) is 21.3 Å². The van der Waals surface area contributed by atoms with E-state index in [4.69, 9.17) is 14.2 Å². The molecule has 1 fully saturated rings. The van der Waals surface area contributed by atoms with Gasteiger partial charge >= 0.3 is 0 Å². The normalized spacial score (nSPS) is 16.8. The molecule has 1 heterocycles. The van der Waals surface area contributed by atoms with Crippen molar-refractivity contribution in [2.24, 2.45) is 0 Å². The lowest BCUT2D eigenvalue weighted by Crippen LogP contribution is -2.26. The molecule has 4 rings (SSSR count). The zero-order valence-electron chi connectivity index (χ0n) is 20.7. The highest BCUT2D eigenvalue weighted by Crippen LogP contribution is 2.40. The van der Waals surface area contributed by atoms with Crippen molar-refractivity contribution >= 4 is 22.9 Å². The third-order valence-electron chi connectivity index (χ3n) is 6.21. The first kappa shape index (κ1) is 25.6. The summed E-state index contributed by atoms with van der Waals surface area (Å²) in [6, 6.07) is 22.1. The summed E-state index contributed by atoms with van der Waals surface area (Å²) in [7, 11) is 4.80. The van der Waals surface area contributed by atoms with Crippen molar-refractivity contribution in [3.05, 3.63) is 89.0 Å². The quantitative estimate of drug-likeness (QED) is 0.398. The number of imide groups is 1. The van der Waals surface area contributed by atoms with Crippen molar-refractivity contribution < 1.29 is 23.8 Å². The summed E-state index contributed by atoms with van der Waals surface area (Å²) in [6.07, 6.45) is 0.486. The Hall–Kier alpha value is -3.49. The zero-order chi connectivity index (χ0) is 25.7. The molecule has 3 aromatic carbocycles. The van der Waals surface area contributed by atoms with Gasteiger partial charge in [0.15, 0.2) is 11.5 Å². The van der Waals surface area contributed by atoms with Gasteiger partial charge < -0.3 is 14.2 Å². The van der Waals surface area contributed by atoms with Crippen LogP contribution in [0, 0.1) is 0 Å². The average Bonchev–Trinajstić information content (AvgIpc) is 3.22. The van der Waals surface area contributed by atoms with Gasteiger partial charge in [-0.1, -0.05) is 66.4 Å². The number of amides is 2. The number of methoxy groups -OCH3 is 3. The Labute approximate surface area is 215 Å². The fraction of sp³-hybridized carbons (Fsp3) is 0.286. The molecule has 0 bridgehead atoms. The van der Waals surface area contributed by atoms with Gasteiger partial charge in [0.2, 0.25) is 11.7 Å². The zero-order valence-corrected chi connectivity index (χ0v) is 21.6. The van der Waals surface area contributed by atoms with Crippen LogP contribution in [0.15, 0.2) is 66.7 Å².